The average molecular weight is 345 g/mol. The van der Waals surface area contributed by atoms with E-state index in [0.717, 1.165) is 39.0 Å². The summed E-state index contributed by atoms with van der Waals surface area (Å²) in [4.78, 5) is 20.1. The molecule has 6 nitrogen and oxygen atoms in total. The maximum absolute atomic E-state index is 12.5. The minimum atomic E-state index is -0.0491. The van der Waals surface area contributed by atoms with Gasteiger partial charge in [0.15, 0.2) is 0 Å². The molecular weight excluding hydrogens is 326 g/mol. The van der Waals surface area contributed by atoms with Crippen LogP contribution < -0.4 is 5.32 Å². The summed E-state index contributed by atoms with van der Waals surface area (Å²) in [6.45, 7) is 1.98. The highest BCUT2D eigenvalue weighted by molar-refractivity contribution is 5.96. The third-order valence-corrected chi connectivity index (χ3v) is 4.43. The number of aromatic amines is 1. The van der Waals surface area contributed by atoms with Crippen molar-refractivity contribution in [3.63, 3.8) is 0 Å². The summed E-state index contributed by atoms with van der Waals surface area (Å²) < 4.78 is 1.76. The van der Waals surface area contributed by atoms with Crippen LogP contribution in [0.15, 0.2) is 55.1 Å². The predicted octanol–water partition coefficient (Wildman–Crippen LogP) is 3.45. The Bertz CT molecular complexity index is 1090. The molecule has 0 atom stereocenters. The van der Waals surface area contributed by atoms with Crippen LogP contribution >= 0.6 is 0 Å². The van der Waals surface area contributed by atoms with Gasteiger partial charge in [-0.05, 0) is 30.2 Å². The number of amides is 1. The molecule has 0 fully saturated rings. The van der Waals surface area contributed by atoms with Gasteiger partial charge in [0.25, 0.3) is 0 Å². The molecule has 3 heterocycles. The van der Waals surface area contributed by atoms with Crippen LogP contribution in [0.3, 0.4) is 0 Å². The summed E-state index contributed by atoms with van der Waals surface area (Å²) >= 11 is 0. The molecule has 0 aliphatic carbocycles. The first-order valence-corrected chi connectivity index (χ1v) is 8.40. The van der Waals surface area contributed by atoms with E-state index in [1.54, 1.807) is 10.9 Å². The van der Waals surface area contributed by atoms with E-state index in [1.807, 2.05) is 62.9 Å². The van der Waals surface area contributed by atoms with Gasteiger partial charge >= 0.3 is 0 Å². The number of hydrogen-bond acceptors (Lipinski definition) is 3. The van der Waals surface area contributed by atoms with Crippen LogP contribution in [0.2, 0.25) is 0 Å². The van der Waals surface area contributed by atoms with Gasteiger partial charge in [-0.2, -0.15) is 5.10 Å². The molecule has 4 aromatic rings. The van der Waals surface area contributed by atoms with Gasteiger partial charge in [-0.15, -0.1) is 0 Å². The van der Waals surface area contributed by atoms with Crippen LogP contribution in [-0.4, -0.2) is 25.7 Å². The van der Waals surface area contributed by atoms with E-state index < -0.39 is 0 Å². The Hall–Kier alpha value is -3.41. The third-order valence-electron chi connectivity index (χ3n) is 4.43. The lowest BCUT2D eigenvalue weighted by Crippen LogP contribution is -2.14. The first-order chi connectivity index (χ1) is 12.6. The van der Waals surface area contributed by atoms with Crippen molar-refractivity contribution in [3.05, 3.63) is 66.2 Å². The Labute approximate surface area is 150 Å². The zero-order valence-corrected chi connectivity index (χ0v) is 14.7. The summed E-state index contributed by atoms with van der Waals surface area (Å²) in [6, 6.07) is 9.80. The molecular formula is C20H19N5O. The SMILES string of the molecule is Cc1ccccc1NC(=O)Cc1c[nH]c2ncc(-c3cnn(C)c3)cc12. The van der Waals surface area contributed by atoms with Gasteiger partial charge in [0.1, 0.15) is 5.65 Å². The monoisotopic (exact) mass is 345 g/mol. The van der Waals surface area contributed by atoms with Crippen molar-refractivity contribution in [3.8, 4) is 11.1 Å². The summed E-state index contributed by atoms with van der Waals surface area (Å²) in [7, 11) is 1.88. The van der Waals surface area contributed by atoms with Crippen molar-refractivity contribution in [1.29, 1.82) is 0 Å². The molecule has 2 N–H and O–H groups in total. The summed E-state index contributed by atoms with van der Waals surface area (Å²) in [5.74, 6) is -0.0491. The van der Waals surface area contributed by atoms with Gasteiger partial charge in [-0.1, -0.05) is 18.2 Å². The van der Waals surface area contributed by atoms with E-state index in [9.17, 15) is 4.79 Å². The summed E-state index contributed by atoms with van der Waals surface area (Å²) in [5.41, 5.74) is 5.55. The molecule has 0 saturated heterocycles. The molecule has 0 aliphatic rings. The standard InChI is InChI=1S/C20H19N5O/c1-13-5-3-4-6-18(13)24-19(26)8-15-10-22-20-17(15)7-14(9-21-20)16-11-23-25(2)12-16/h3-7,9-12H,8H2,1-2H3,(H,21,22)(H,24,26). The Kier molecular flexibility index (Phi) is 4.01. The van der Waals surface area contributed by atoms with Crippen LogP contribution in [0.1, 0.15) is 11.1 Å². The van der Waals surface area contributed by atoms with Gasteiger partial charge in [0.2, 0.25) is 5.91 Å². The summed E-state index contributed by atoms with van der Waals surface area (Å²) in [5, 5.41) is 8.13. The largest absolute Gasteiger partial charge is 0.346 e. The van der Waals surface area contributed by atoms with Crippen LogP contribution in [0.4, 0.5) is 5.69 Å². The molecule has 0 bridgehead atoms. The number of aromatic nitrogens is 4. The molecule has 26 heavy (non-hydrogen) atoms. The fourth-order valence-corrected chi connectivity index (χ4v) is 3.01. The maximum atomic E-state index is 12.5. The second-order valence-corrected chi connectivity index (χ2v) is 6.38. The van der Waals surface area contributed by atoms with Crippen LogP contribution in [0.25, 0.3) is 22.2 Å². The van der Waals surface area contributed by atoms with Crippen molar-refractivity contribution < 1.29 is 4.79 Å². The molecule has 6 heteroatoms. The van der Waals surface area contributed by atoms with Gasteiger partial charge in [0.05, 0.1) is 12.6 Å². The molecule has 0 unspecified atom stereocenters. The van der Waals surface area contributed by atoms with Crippen molar-refractivity contribution in [2.24, 2.45) is 7.05 Å². The lowest BCUT2D eigenvalue weighted by molar-refractivity contribution is -0.115. The van der Waals surface area contributed by atoms with Crippen molar-refractivity contribution in [1.82, 2.24) is 19.7 Å². The van der Waals surface area contributed by atoms with Gasteiger partial charge in [0, 0.05) is 47.8 Å². The predicted molar refractivity (Wildman–Crippen MR) is 102 cm³/mol. The molecule has 0 saturated carbocycles. The Morgan fingerprint density at radius 3 is 2.85 bits per heavy atom. The number of H-pyrrole nitrogens is 1. The molecule has 1 amide bonds. The number of para-hydroxylation sites is 1. The molecule has 4 rings (SSSR count). The number of pyridine rings is 1. The van der Waals surface area contributed by atoms with Crippen molar-refractivity contribution in [2.75, 3.05) is 5.32 Å². The Balaban J connectivity index is 1.60. The molecule has 0 radical (unpaired) electrons. The van der Waals surface area contributed by atoms with Gasteiger partial charge < -0.3 is 10.3 Å². The zero-order valence-electron chi connectivity index (χ0n) is 14.7. The normalized spacial score (nSPS) is 11.0. The van der Waals surface area contributed by atoms with E-state index in [1.165, 1.54) is 0 Å². The lowest BCUT2D eigenvalue weighted by atomic mass is 10.1. The maximum Gasteiger partial charge on any atom is 0.228 e. The Morgan fingerprint density at radius 1 is 1.23 bits per heavy atom. The number of carbonyl (C=O) groups excluding carboxylic acids is 1. The highest BCUT2D eigenvalue weighted by Gasteiger charge is 2.12. The Morgan fingerprint density at radius 2 is 2.08 bits per heavy atom. The first kappa shape index (κ1) is 16.1. The van der Waals surface area contributed by atoms with E-state index in [0.29, 0.717) is 0 Å². The topological polar surface area (TPSA) is 75.6 Å². The number of nitrogens with zero attached hydrogens (tertiary/aromatic N) is 3. The number of anilines is 1. The van der Waals surface area contributed by atoms with Crippen LogP contribution in [0.5, 0.6) is 0 Å². The molecule has 3 aromatic heterocycles. The highest BCUT2D eigenvalue weighted by atomic mass is 16.1. The van der Waals surface area contributed by atoms with E-state index in [2.05, 4.69) is 20.4 Å². The number of nitrogens with one attached hydrogen (secondary N) is 2. The number of fused-ring (bicyclic) bond motifs is 1. The lowest BCUT2D eigenvalue weighted by Gasteiger charge is -2.07. The van der Waals surface area contributed by atoms with E-state index in [4.69, 9.17) is 0 Å². The summed E-state index contributed by atoms with van der Waals surface area (Å²) in [6.07, 6.45) is 7.70. The van der Waals surface area contributed by atoms with Crippen molar-refractivity contribution in [2.45, 2.75) is 13.3 Å². The second-order valence-electron chi connectivity index (χ2n) is 6.38. The number of hydrogen-bond donors (Lipinski definition) is 2. The van der Waals surface area contributed by atoms with Crippen LogP contribution in [-0.2, 0) is 18.3 Å². The number of aryl methyl sites for hydroxylation is 2. The fraction of sp³-hybridized carbons (Fsp3) is 0.150. The average Bonchev–Trinajstić information content (AvgIpc) is 3.23. The molecule has 0 aliphatic heterocycles. The van der Waals surface area contributed by atoms with Crippen molar-refractivity contribution >= 4 is 22.6 Å². The highest BCUT2D eigenvalue weighted by Crippen LogP contribution is 2.25. The number of rotatable bonds is 4. The van der Waals surface area contributed by atoms with E-state index >= 15 is 0 Å². The number of carbonyl (C=O) groups is 1. The molecule has 0 spiro atoms. The van der Waals surface area contributed by atoms with E-state index in [-0.39, 0.29) is 12.3 Å². The molecule has 1 aromatic carbocycles. The quantitative estimate of drug-likeness (QED) is 0.595. The minimum absolute atomic E-state index is 0.0491. The second kappa shape index (κ2) is 6.48. The fourth-order valence-electron chi connectivity index (χ4n) is 3.01. The van der Waals surface area contributed by atoms with Gasteiger partial charge in [-0.25, -0.2) is 4.98 Å². The third kappa shape index (κ3) is 3.09. The minimum Gasteiger partial charge on any atom is -0.346 e. The van der Waals surface area contributed by atoms with Crippen LogP contribution in [0, 0.1) is 6.92 Å². The smallest absolute Gasteiger partial charge is 0.228 e. The zero-order chi connectivity index (χ0) is 18.1. The number of benzene rings is 1. The first-order valence-electron chi connectivity index (χ1n) is 8.40. The van der Waals surface area contributed by atoms with Gasteiger partial charge in [-0.3, -0.25) is 9.48 Å². The molecule has 130 valence electrons.